The number of aryl methyl sites for hydroxylation is 1. The summed E-state index contributed by atoms with van der Waals surface area (Å²) in [5, 5.41) is 1.54. The van der Waals surface area contributed by atoms with E-state index in [0.29, 0.717) is 0 Å². The van der Waals surface area contributed by atoms with E-state index < -0.39 is 8.32 Å². The second-order valence-electron chi connectivity index (χ2n) is 8.71. The lowest BCUT2D eigenvalue weighted by molar-refractivity contribution is 0.493. The van der Waals surface area contributed by atoms with Gasteiger partial charge < -0.3 is 8.99 Å². The van der Waals surface area contributed by atoms with E-state index >= 15 is 0 Å². The average Bonchev–Trinajstić information content (AvgIpc) is 2.86. The molecule has 0 fully saturated rings. The van der Waals surface area contributed by atoms with Crippen molar-refractivity contribution in [1.82, 2.24) is 4.57 Å². The molecule has 1 aliphatic rings. The monoisotopic (exact) mass is 381 g/mol. The van der Waals surface area contributed by atoms with Crippen LogP contribution in [0.4, 0.5) is 0 Å². The van der Waals surface area contributed by atoms with Crippen LogP contribution < -0.4 is 4.43 Å². The molecule has 0 aliphatic carbocycles. The molecular formula is C22H27NOSSi. The number of nitrogens with zero attached hydrogens (tertiary/aromatic N) is 1. The minimum Gasteiger partial charge on any atom is -0.543 e. The molecule has 0 spiro atoms. The van der Waals surface area contributed by atoms with Crippen LogP contribution in [0.1, 0.15) is 26.3 Å². The number of benzene rings is 2. The van der Waals surface area contributed by atoms with Crippen LogP contribution in [0.5, 0.6) is 5.75 Å². The summed E-state index contributed by atoms with van der Waals surface area (Å²) in [6, 6.07) is 15.4. The van der Waals surface area contributed by atoms with E-state index in [9.17, 15) is 0 Å². The zero-order valence-corrected chi connectivity index (χ0v) is 18.3. The van der Waals surface area contributed by atoms with Gasteiger partial charge in [0.2, 0.25) is 8.32 Å². The second kappa shape index (κ2) is 5.93. The van der Waals surface area contributed by atoms with Crippen LogP contribution in [0.2, 0.25) is 18.1 Å². The average molecular weight is 382 g/mol. The highest BCUT2D eigenvalue weighted by Crippen LogP contribution is 2.46. The molecule has 0 N–H and O–H groups in total. The summed E-state index contributed by atoms with van der Waals surface area (Å²) in [5.41, 5.74) is 5.44. The fourth-order valence-corrected chi connectivity index (χ4v) is 5.55. The Morgan fingerprint density at radius 3 is 2.54 bits per heavy atom. The molecule has 136 valence electrons. The highest BCUT2D eigenvalue weighted by Gasteiger charge is 2.39. The molecule has 0 unspecified atom stereocenters. The molecule has 4 rings (SSSR count). The van der Waals surface area contributed by atoms with E-state index in [0.717, 1.165) is 11.5 Å². The third-order valence-corrected chi connectivity index (χ3v) is 11.4. The standard InChI is InChI=1S/C22H27NOSSi/c1-22(2,3)26(5,6)24-15-11-12-19-17(13-15)18-14-25-20-10-8-7-9-16(20)21(18)23(19)4/h7-13H,14H2,1-6H3. The van der Waals surface area contributed by atoms with Crippen molar-refractivity contribution in [3.05, 3.63) is 48.0 Å². The van der Waals surface area contributed by atoms with E-state index in [-0.39, 0.29) is 5.04 Å². The summed E-state index contributed by atoms with van der Waals surface area (Å²) in [6.45, 7) is 11.5. The van der Waals surface area contributed by atoms with Crippen LogP contribution >= 0.6 is 11.8 Å². The van der Waals surface area contributed by atoms with E-state index in [2.05, 4.69) is 87.9 Å². The molecule has 0 amide bonds. The van der Waals surface area contributed by atoms with Crippen molar-refractivity contribution in [2.45, 2.75) is 49.6 Å². The van der Waals surface area contributed by atoms with E-state index in [1.165, 1.54) is 32.6 Å². The maximum Gasteiger partial charge on any atom is 0.250 e. The smallest absolute Gasteiger partial charge is 0.250 e. The predicted molar refractivity (Wildman–Crippen MR) is 116 cm³/mol. The van der Waals surface area contributed by atoms with Gasteiger partial charge in [0.25, 0.3) is 0 Å². The topological polar surface area (TPSA) is 14.2 Å². The van der Waals surface area contributed by atoms with Crippen molar-refractivity contribution in [3.8, 4) is 17.0 Å². The van der Waals surface area contributed by atoms with Crippen molar-refractivity contribution >= 4 is 31.0 Å². The fourth-order valence-electron chi connectivity index (χ4n) is 3.44. The zero-order chi connectivity index (χ0) is 18.7. The largest absolute Gasteiger partial charge is 0.543 e. The number of aromatic nitrogens is 1. The molecule has 2 aromatic carbocycles. The molecule has 1 aromatic heterocycles. The Hall–Kier alpha value is -1.65. The number of hydrogen-bond acceptors (Lipinski definition) is 2. The van der Waals surface area contributed by atoms with Gasteiger partial charge in [0.1, 0.15) is 5.75 Å². The van der Waals surface area contributed by atoms with Crippen molar-refractivity contribution in [2.24, 2.45) is 7.05 Å². The van der Waals surface area contributed by atoms with Gasteiger partial charge in [-0.2, -0.15) is 0 Å². The number of hydrogen-bond donors (Lipinski definition) is 0. The Balaban J connectivity index is 1.84. The number of rotatable bonds is 2. The van der Waals surface area contributed by atoms with E-state index in [1.807, 2.05) is 11.8 Å². The van der Waals surface area contributed by atoms with Crippen LogP contribution in [0.25, 0.3) is 22.2 Å². The highest BCUT2D eigenvalue weighted by atomic mass is 32.2. The Kier molecular flexibility index (Phi) is 4.05. The van der Waals surface area contributed by atoms with Gasteiger partial charge in [-0.05, 0) is 48.0 Å². The van der Waals surface area contributed by atoms with Crippen molar-refractivity contribution in [3.63, 3.8) is 0 Å². The first-order chi connectivity index (χ1) is 12.2. The first kappa shape index (κ1) is 17.7. The van der Waals surface area contributed by atoms with Crippen molar-refractivity contribution in [1.29, 1.82) is 0 Å². The summed E-state index contributed by atoms with van der Waals surface area (Å²) >= 11 is 1.94. The van der Waals surface area contributed by atoms with Gasteiger partial charge in [0.15, 0.2) is 0 Å². The second-order valence-corrected chi connectivity index (χ2v) is 14.5. The lowest BCUT2D eigenvalue weighted by Gasteiger charge is -2.36. The molecule has 1 aliphatic heterocycles. The van der Waals surface area contributed by atoms with Crippen LogP contribution in [-0.2, 0) is 12.8 Å². The van der Waals surface area contributed by atoms with Gasteiger partial charge in [-0.3, -0.25) is 0 Å². The van der Waals surface area contributed by atoms with Crippen LogP contribution in [0, 0.1) is 0 Å². The summed E-state index contributed by atoms with van der Waals surface area (Å²) in [7, 11) is 0.351. The maximum absolute atomic E-state index is 6.57. The van der Waals surface area contributed by atoms with Crippen molar-refractivity contribution < 1.29 is 4.43 Å². The Labute approximate surface area is 161 Å². The van der Waals surface area contributed by atoms with E-state index in [4.69, 9.17) is 4.43 Å². The third-order valence-electron chi connectivity index (χ3n) is 5.97. The van der Waals surface area contributed by atoms with Crippen LogP contribution in [0.15, 0.2) is 47.4 Å². The fraction of sp³-hybridized carbons (Fsp3) is 0.364. The van der Waals surface area contributed by atoms with Gasteiger partial charge >= 0.3 is 0 Å². The van der Waals surface area contributed by atoms with Crippen LogP contribution in [-0.4, -0.2) is 12.9 Å². The molecule has 0 saturated carbocycles. The number of thioether (sulfide) groups is 1. The molecule has 4 heteroatoms. The highest BCUT2D eigenvalue weighted by molar-refractivity contribution is 7.98. The quantitative estimate of drug-likeness (QED) is 0.451. The SMILES string of the molecule is Cn1c2c(c3cc(O[Si](C)(C)C(C)(C)C)ccc31)CSc1ccccc1-2. The third kappa shape index (κ3) is 2.71. The zero-order valence-electron chi connectivity index (χ0n) is 16.5. The molecule has 0 atom stereocenters. The van der Waals surface area contributed by atoms with Crippen LogP contribution in [0.3, 0.4) is 0 Å². The lowest BCUT2D eigenvalue weighted by Crippen LogP contribution is -2.43. The van der Waals surface area contributed by atoms with Gasteiger partial charge in [0, 0.05) is 34.2 Å². The molecule has 0 saturated heterocycles. The molecule has 0 radical (unpaired) electrons. The molecule has 0 bridgehead atoms. The summed E-state index contributed by atoms with van der Waals surface area (Å²) in [4.78, 5) is 1.38. The summed E-state index contributed by atoms with van der Waals surface area (Å²) in [5.74, 6) is 2.04. The van der Waals surface area contributed by atoms with Gasteiger partial charge in [-0.25, -0.2) is 0 Å². The van der Waals surface area contributed by atoms with Crippen molar-refractivity contribution in [2.75, 3.05) is 0 Å². The lowest BCUT2D eigenvalue weighted by atomic mass is 10.1. The Morgan fingerprint density at radius 2 is 1.81 bits per heavy atom. The van der Waals surface area contributed by atoms with Gasteiger partial charge in [-0.1, -0.05) is 39.0 Å². The molecule has 3 aromatic rings. The molecular weight excluding hydrogens is 354 g/mol. The Morgan fingerprint density at radius 1 is 1.08 bits per heavy atom. The maximum atomic E-state index is 6.57. The molecule has 26 heavy (non-hydrogen) atoms. The summed E-state index contributed by atoms with van der Waals surface area (Å²) < 4.78 is 8.91. The summed E-state index contributed by atoms with van der Waals surface area (Å²) in [6.07, 6.45) is 0. The Bertz CT molecular complexity index is 997. The minimum absolute atomic E-state index is 0.201. The van der Waals surface area contributed by atoms with E-state index in [1.54, 1.807) is 0 Å². The molecule has 2 nitrogen and oxygen atoms in total. The number of fused-ring (bicyclic) bond motifs is 5. The normalized spacial score (nSPS) is 14.2. The first-order valence-corrected chi connectivity index (χ1v) is 13.1. The predicted octanol–water partition coefficient (Wildman–Crippen LogP) is 6.84. The minimum atomic E-state index is -1.83. The van der Waals surface area contributed by atoms with Gasteiger partial charge in [-0.15, -0.1) is 11.8 Å². The van der Waals surface area contributed by atoms with Gasteiger partial charge in [0.05, 0.1) is 5.69 Å². The molecule has 2 heterocycles. The first-order valence-electron chi connectivity index (χ1n) is 9.21.